The van der Waals surface area contributed by atoms with Gasteiger partial charge in [-0.2, -0.15) is 0 Å². The number of Topliss-reactive ketones (excluding diaryl/α,β-unsaturated/α-hetero) is 1. The van der Waals surface area contributed by atoms with Crippen LogP contribution >= 0.6 is 0 Å². The van der Waals surface area contributed by atoms with Crippen LogP contribution in [0.2, 0.25) is 5.82 Å². The van der Waals surface area contributed by atoms with Gasteiger partial charge in [0.25, 0.3) is 0 Å². The third kappa shape index (κ3) is 6.17. The molecule has 0 saturated carbocycles. The molecule has 0 aliphatic carbocycles. The van der Waals surface area contributed by atoms with Crippen molar-refractivity contribution >= 4 is 18.9 Å². The molecular formula is C23H28BNO7. The molecule has 2 aromatic rings. The molecule has 1 heterocycles. The number of aromatic carboxylic acids is 1. The first-order valence-electron chi connectivity index (χ1n) is 10.6. The van der Waals surface area contributed by atoms with Crippen LogP contribution < -0.4 is 4.65 Å². The van der Waals surface area contributed by atoms with Crippen LogP contribution in [0.4, 0.5) is 0 Å². The fourth-order valence-electron chi connectivity index (χ4n) is 3.99. The van der Waals surface area contributed by atoms with Crippen LogP contribution in [0.3, 0.4) is 0 Å². The Hall–Kier alpha value is -2.72. The van der Waals surface area contributed by atoms with Gasteiger partial charge in [-0.1, -0.05) is 36.4 Å². The summed E-state index contributed by atoms with van der Waals surface area (Å²) in [6.45, 7) is 1.59. The van der Waals surface area contributed by atoms with Crippen LogP contribution in [0.1, 0.15) is 33.5 Å². The number of carbonyl (C=O) groups excluding carboxylic acids is 1. The first-order chi connectivity index (χ1) is 15.4. The number of rotatable bonds is 11. The highest BCUT2D eigenvalue weighted by Gasteiger charge is 2.37. The summed E-state index contributed by atoms with van der Waals surface area (Å²) in [6, 6.07) is 12.4. The molecule has 0 aromatic heterocycles. The number of ketones is 1. The SMILES string of the molecule is O=C(Cc1ccc(CN(CCO)CCO)cc1)C[C@H]1Cc2cccc(C(=O)O)c2OB1O. The highest BCUT2D eigenvalue weighted by Crippen LogP contribution is 2.36. The van der Waals surface area contributed by atoms with E-state index in [1.165, 1.54) is 6.07 Å². The molecule has 1 atom stereocenters. The van der Waals surface area contributed by atoms with Crippen molar-refractivity contribution in [1.29, 1.82) is 0 Å². The Kier molecular flexibility index (Phi) is 8.41. The van der Waals surface area contributed by atoms with Gasteiger partial charge in [0.2, 0.25) is 0 Å². The average molecular weight is 441 g/mol. The topological polar surface area (TPSA) is 128 Å². The largest absolute Gasteiger partial charge is 0.535 e. The van der Waals surface area contributed by atoms with E-state index in [1.807, 2.05) is 29.2 Å². The number of para-hydroxylation sites is 1. The molecule has 0 radical (unpaired) electrons. The number of nitrogens with zero attached hydrogens (tertiary/aromatic N) is 1. The van der Waals surface area contributed by atoms with Crippen molar-refractivity contribution in [3.63, 3.8) is 0 Å². The van der Waals surface area contributed by atoms with Crippen molar-refractivity contribution in [3.8, 4) is 5.75 Å². The molecule has 9 heteroatoms. The maximum atomic E-state index is 12.6. The normalized spacial score (nSPS) is 15.4. The monoisotopic (exact) mass is 441 g/mol. The first-order valence-corrected chi connectivity index (χ1v) is 10.6. The van der Waals surface area contributed by atoms with E-state index in [0.717, 1.165) is 11.1 Å². The van der Waals surface area contributed by atoms with E-state index < -0.39 is 18.9 Å². The number of carboxylic acids is 1. The molecule has 3 rings (SSSR count). The van der Waals surface area contributed by atoms with Gasteiger partial charge in [0.05, 0.1) is 18.8 Å². The van der Waals surface area contributed by atoms with Crippen LogP contribution in [0.5, 0.6) is 5.75 Å². The van der Waals surface area contributed by atoms with Gasteiger partial charge < -0.3 is 25.0 Å². The molecular weight excluding hydrogens is 413 g/mol. The second kappa shape index (κ2) is 11.2. The Morgan fingerprint density at radius 2 is 1.69 bits per heavy atom. The fourth-order valence-corrected chi connectivity index (χ4v) is 3.99. The van der Waals surface area contributed by atoms with Gasteiger partial charge in [-0.15, -0.1) is 0 Å². The number of carbonyl (C=O) groups is 2. The van der Waals surface area contributed by atoms with Crippen molar-refractivity contribution in [1.82, 2.24) is 4.90 Å². The number of carboxylic acid groups (broad SMARTS) is 1. The number of benzene rings is 2. The second-order valence-electron chi connectivity index (χ2n) is 8.03. The standard InChI is InChI=1S/C23H28BNO7/c26-10-8-25(9-11-27)15-17-6-4-16(5-7-17)12-20(28)14-19-13-18-2-1-3-21(23(29)30)22(18)32-24(19)31/h1-7,19,26-27,31H,8-15H2,(H,29,30)/t19-/m1/s1. The Bertz CT molecular complexity index is 928. The van der Waals surface area contributed by atoms with Crippen molar-refractivity contribution in [2.24, 2.45) is 0 Å². The van der Waals surface area contributed by atoms with Gasteiger partial charge in [0.15, 0.2) is 0 Å². The Balaban J connectivity index is 1.57. The predicted octanol–water partition coefficient (Wildman–Crippen LogP) is 1.16. The Labute approximate surface area is 187 Å². The van der Waals surface area contributed by atoms with Gasteiger partial charge in [-0.3, -0.25) is 9.69 Å². The molecule has 32 heavy (non-hydrogen) atoms. The van der Waals surface area contributed by atoms with Gasteiger partial charge in [-0.25, -0.2) is 4.79 Å². The molecule has 4 N–H and O–H groups in total. The van der Waals surface area contributed by atoms with Crippen molar-refractivity contribution < 1.29 is 34.6 Å². The van der Waals surface area contributed by atoms with Gasteiger partial charge in [0.1, 0.15) is 11.5 Å². The zero-order valence-electron chi connectivity index (χ0n) is 17.8. The minimum absolute atomic E-state index is 0.00274. The smallest absolute Gasteiger partial charge is 0.526 e. The van der Waals surface area contributed by atoms with E-state index in [-0.39, 0.29) is 43.2 Å². The highest BCUT2D eigenvalue weighted by atomic mass is 16.5. The van der Waals surface area contributed by atoms with Crippen LogP contribution in [-0.4, -0.2) is 70.4 Å². The van der Waals surface area contributed by atoms with Gasteiger partial charge in [-0.05, 0) is 29.2 Å². The molecule has 0 fully saturated rings. The lowest BCUT2D eigenvalue weighted by Crippen LogP contribution is -2.36. The predicted molar refractivity (Wildman–Crippen MR) is 119 cm³/mol. The fraction of sp³-hybridized carbons (Fsp3) is 0.391. The Morgan fingerprint density at radius 1 is 1.03 bits per heavy atom. The third-order valence-corrected chi connectivity index (χ3v) is 5.60. The number of aliphatic hydroxyl groups is 2. The van der Waals surface area contributed by atoms with E-state index in [0.29, 0.717) is 31.6 Å². The van der Waals surface area contributed by atoms with E-state index in [2.05, 4.69) is 0 Å². The number of fused-ring (bicyclic) bond motifs is 1. The van der Waals surface area contributed by atoms with E-state index in [4.69, 9.17) is 14.9 Å². The van der Waals surface area contributed by atoms with Crippen molar-refractivity contribution in [3.05, 3.63) is 64.7 Å². The molecule has 0 amide bonds. The summed E-state index contributed by atoms with van der Waals surface area (Å²) in [5, 5.41) is 37.9. The summed E-state index contributed by atoms with van der Waals surface area (Å²) in [7, 11) is -1.24. The second-order valence-corrected chi connectivity index (χ2v) is 8.03. The van der Waals surface area contributed by atoms with Gasteiger partial charge in [0, 0.05) is 38.3 Å². The minimum Gasteiger partial charge on any atom is -0.535 e. The number of aliphatic hydroxyl groups excluding tert-OH is 2. The molecule has 0 bridgehead atoms. The molecule has 2 aromatic carbocycles. The minimum atomic E-state index is -1.24. The lowest BCUT2D eigenvalue weighted by atomic mass is 9.64. The highest BCUT2D eigenvalue weighted by molar-refractivity contribution is 6.47. The quantitative estimate of drug-likeness (QED) is 0.383. The lowest BCUT2D eigenvalue weighted by molar-refractivity contribution is -0.118. The summed E-state index contributed by atoms with van der Waals surface area (Å²) < 4.78 is 5.46. The number of hydrogen-bond donors (Lipinski definition) is 4. The maximum absolute atomic E-state index is 12.6. The lowest BCUT2D eigenvalue weighted by Gasteiger charge is -2.28. The van der Waals surface area contributed by atoms with Gasteiger partial charge >= 0.3 is 13.1 Å². The van der Waals surface area contributed by atoms with E-state index in [1.54, 1.807) is 12.1 Å². The van der Waals surface area contributed by atoms with Crippen LogP contribution in [-0.2, 0) is 24.2 Å². The average Bonchev–Trinajstić information content (AvgIpc) is 2.75. The van der Waals surface area contributed by atoms with Crippen LogP contribution in [0, 0.1) is 0 Å². The summed E-state index contributed by atoms with van der Waals surface area (Å²) in [4.78, 5) is 25.9. The van der Waals surface area contributed by atoms with Crippen LogP contribution in [0.15, 0.2) is 42.5 Å². The maximum Gasteiger partial charge on any atom is 0.526 e. The summed E-state index contributed by atoms with van der Waals surface area (Å²) in [5.41, 5.74) is 2.55. The molecule has 0 saturated heterocycles. The summed E-state index contributed by atoms with van der Waals surface area (Å²) in [5.74, 6) is -1.43. The van der Waals surface area contributed by atoms with Crippen LogP contribution in [0.25, 0.3) is 0 Å². The zero-order chi connectivity index (χ0) is 23.1. The number of hydrogen-bond acceptors (Lipinski definition) is 7. The molecule has 1 aliphatic heterocycles. The summed E-state index contributed by atoms with van der Waals surface area (Å²) in [6.07, 6.45) is 0.719. The van der Waals surface area contributed by atoms with E-state index >= 15 is 0 Å². The molecule has 0 unspecified atom stereocenters. The third-order valence-electron chi connectivity index (χ3n) is 5.60. The van der Waals surface area contributed by atoms with E-state index in [9.17, 15) is 19.7 Å². The molecule has 8 nitrogen and oxygen atoms in total. The summed E-state index contributed by atoms with van der Waals surface area (Å²) >= 11 is 0. The van der Waals surface area contributed by atoms with Crippen molar-refractivity contribution in [2.75, 3.05) is 26.3 Å². The Morgan fingerprint density at radius 3 is 2.31 bits per heavy atom. The first kappa shape index (κ1) is 23.9. The molecule has 1 aliphatic rings. The molecule has 0 spiro atoms. The zero-order valence-corrected chi connectivity index (χ0v) is 17.8. The molecule has 170 valence electrons. The van der Waals surface area contributed by atoms with Crippen molar-refractivity contribution in [2.45, 2.75) is 31.6 Å².